The molecule has 0 saturated carbocycles. The summed E-state index contributed by atoms with van der Waals surface area (Å²) in [5, 5.41) is 9.32. The highest BCUT2D eigenvalue weighted by atomic mass is 16.5. The number of pyridine rings is 1. The summed E-state index contributed by atoms with van der Waals surface area (Å²) in [7, 11) is 0. The Morgan fingerprint density at radius 1 is 1.00 bits per heavy atom. The van der Waals surface area contributed by atoms with Crippen LogP contribution in [0.1, 0.15) is 11.1 Å². The van der Waals surface area contributed by atoms with E-state index in [4.69, 9.17) is 14.9 Å². The molecule has 2 heterocycles. The average molecular weight is 367 g/mol. The van der Waals surface area contributed by atoms with Gasteiger partial charge in [0.1, 0.15) is 29.9 Å². The zero-order valence-electron chi connectivity index (χ0n) is 15.0. The molecular formula is C23H17N3O2. The van der Waals surface area contributed by atoms with Gasteiger partial charge >= 0.3 is 0 Å². The minimum Gasteiger partial charge on any atom is -0.489 e. The van der Waals surface area contributed by atoms with Crippen molar-refractivity contribution in [2.24, 2.45) is 0 Å². The van der Waals surface area contributed by atoms with Crippen molar-refractivity contribution in [1.82, 2.24) is 4.98 Å². The van der Waals surface area contributed by atoms with Crippen LogP contribution >= 0.6 is 0 Å². The van der Waals surface area contributed by atoms with Gasteiger partial charge in [0.25, 0.3) is 0 Å². The second-order valence-corrected chi connectivity index (χ2v) is 6.21. The molecule has 0 saturated heterocycles. The number of nitriles is 1. The molecule has 0 aliphatic heterocycles. The zero-order chi connectivity index (χ0) is 19.3. The molecule has 2 N–H and O–H groups in total. The van der Waals surface area contributed by atoms with Crippen LogP contribution in [0.4, 0.5) is 5.82 Å². The van der Waals surface area contributed by atoms with Gasteiger partial charge in [0.15, 0.2) is 5.76 Å². The molecule has 4 aromatic rings. The van der Waals surface area contributed by atoms with E-state index >= 15 is 0 Å². The van der Waals surface area contributed by atoms with E-state index in [0.29, 0.717) is 23.6 Å². The van der Waals surface area contributed by atoms with Crippen LogP contribution in [0, 0.1) is 11.3 Å². The monoisotopic (exact) mass is 367 g/mol. The van der Waals surface area contributed by atoms with E-state index in [1.165, 1.54) is 0 Å². The highest BCUT2D eigenvalue weighted by Crippen LogP contribution is 2.34. The number of ether oxygens (including phenoxy) is 1. The van der Waals surface area contributed by atoms with Gasteiger partial charge in [-0.3, -0.25) is 0 Å². The van der Waals surface area contributed by atoms with Crippen molar-refractivity contribution >= 4 is 5.82 Å². The van der Waals surface area contributed by atoms with Crippen LogP contribution in [-0.4, -0.2) is 4.98 Å². The Morgan fingerprint density at radius 3 is 2.46 bits per heavy atom. The van der Waals surface area contributed by atoms with Gasteiger partial charge in [-0.15, -0.1) is 0 Å². The van der Waals surface area contributed by atoms with Crippen molar-refractivity contribution in [3.8, 4) is 34.4 Å². The summed E-state index contributed by atoms with van der Waals surface area (Å²) in [6, 6.07) is 25.1. The summed E-state index contributed by atoms with van der Waals surface area (Å²) in [6.07, 6.45) is 1.58. The highest BCUT2D eigenvalue weighted by molar-refractivity contribution is 5.81. The summed E-state index contributed by atoms with van der Waals surface area (Å²) in [5.41, 5.74) is 9.60. The predicted molar refractivity (Wildman–Crippen MR) is 107 cm³/mol. The van der Waals surface area contributed by atoms with E-state index in [1.54, 1.807) is 18.4 Å². The van der Waals surface area contributed by atoms with E-state index in [2.05, 4.69) is 11.1 Å². The number of nitrogen functional groups attached to an aromatic ring is 1. The lowest BCUT2D eigenvalue weighted by Crippen LogP contribution is -1.99. The normalized spacial score (nSPS) is 10.4. The predicted octanol–water partition coefficient (Wildman–Crippen LogP) is 5.04. The first-order valence-corrected chi connectivity index (χ1v) is 8.76. The first-order valence-electron chi connectivity index (χ1n) is 8.76. The quantitative estimate of drug-likeness (QED) is 0.534. The Labute approximate surface area is 162 Å². The Kier molecular flexibility index (Phi) is 4.77. The number of hydrogen-bond donors (Lipinski definition) is 1. The molecule has 5 nitrogen and oxygen atoms in total. The van der Waals surface area contributed by atoms with Gasteiger partial charge in [-0.25, -0.2) is 4.98 Å². The van der Waals surface area contributed by atoms with Crippen molar-refractivity contribution < 1.29 is 9.15 Å². The number of furan rings is 1. The smallest absolute Gasteiger partial charge is 0.152 e. The van der Waals surface area contributed by atoms with Gasteiger partial charge in [0.05, 0.1) is 11.8 Å². The standard InChI is InChI=1S/C23H17N3O2/c24-14-18-13-20(22(26-23(18)25)21-7-4-12-27-21)17-8-10-19(11-9-17)28-15-16-5-2-1-3-6-16/h1-13H,15H2,(H2,25,26). The van der Waals surface area contributed by atoms with Crippen molar-refractivity contribution in [3.05, 3.63) is 90.2 Å². The third kappa shape index (κ3) is 3.57. The van der Waals surface area contributed by atoms with Gasteiger partial charge in [0.2, 0.25) is 0 Å². The molecule has 0 aliphatic rings. The second kappa shape index (κ2) is 7.68. The van der Waals surface area contributed by atoms with Crippen LogP contribution in [0.3, 0.4) is 0 Å². The molecule has 4 rings (SSSR count). The molecule has 0 spiro atoms. The fraction of sp³-hybridized carbons (Fsp3) is 0.0435. The van der Waals surface area contributed by atoms with Crippen LogP contribution < -0.4 is 10.5 Å². The number of anilines is 1. The molecule has 136 valence electrons. The third-order valence-electron chi connectivity index (χ3n) is 4.34. The number of hydrogen-bond acceptors (Lipinski definition) is 5. The van der Waals surface area contributed by atoms with Crippen LogP contribution in [-0.2, 0) is 6.61 Å². The number of benzene rings is 2. The summed E-state index contributed by atoms with van der Waals surface area (Å²) in [4.78, 5) is 4.39. The lowest BCUT2D eigenvalue weighted by Gasteiger charge is -2.11. The molecule has 5 heteroatoms. The zero-order valence-corrected chi connectivity index (χ0v) is 15.0. The second-order valence-electron chi connectivity index (χ2n) is 6.21. The van der Waals surface area contributed by atoms with E-state index in [1.807, 2.05) is 60.7 Å². The van der Waals surface area contributed by atoms with Crippen molar-refractivity contribution in [2.45, 2.75) is 6.61 Å². The minimum atomic E-state index is 0.181. The molecule has 0 radical (unpaired) electrons. The molecule has 0 bridgehead atoms. The number of nitrogens with two attached hydrogens (primary N) is 1. The van der Waals surface area contributed by atoms with Crippen molar-refractivity contribution in [2.75, 3.05) is 5.73 Å². The summed E-state index contributed by atoms with van der Waals surface area (Å²) < 4.78 is 11.3. The molecule has 0 unspecified atom stereocenters. The average Bonchev–Trinajstić information content (AvgIpc) is 3.28. The molecule has 0 fully saturated rings. The highest BCUT2D eigenvalue weighted by Gasteiger charge is 2.15. The molecule has 2 aromatic carbocycles. The number of rotatable bonds is 5. The maximum absolute atomic E-state index is 9.32. The van der Waals surface area contributed by atoms with Crippen molar-refractivity contribution in [1.29, 1.82) is 5.26 Å². The molecule has 28 heavy (non-hydrogen) atoms. The first-order chi connectivity index (χ1) is 13.7. The van der Waals surface area contributed by atoms with E-state index < -0.39 is 0 Å². The van der Waals surface area contributed by atoms with Gasteiger partial charge < -0.3 is 14.9 Å². The summed E-state index contributed by atoms with van der Waals surface area (Å²) >= 11 is 0. The number of aromatic nitrogens is 1. The topological polar surface area (TPSA) is 85.1 Å². The summed E-state index contributed by atoms with van der Waals surface area (Å²) in [5.74, 6) is 1.53. The third-order valence-corrected chi connectivity index (χ3v) is 4.34. The lowest BCUT2D eigenvalue weighted by molar-refractivity contribution is 0.306. The van der Waals surface area contributed by atoms with E-state index in [-0.39, 0.29) is 5.82 Å². The van der Waals surface area contributed by atoms with Crippen LogP contribution in [0.15, 0.2) is 83.5 Å². The molecule has 0 amide bonds. The fourth-order valence-electron chi connectivity index (χ4n) is 2.91. The maximum atomic E-state index is 9.32. The summed E-state index contributed by atoms with van der Waals surface area (Å²) in [6.45, 7) is 0.500. The molecular weight excluding hydrogens is 350 g/mol. The van der Waals surface area contributed by atoms with Crippen molar-refractivity contribution in [3.63, 3.8) is 0 Å². The maximum Gasteiger partial charge on any atom is 0.152 e. The molecule has 0 aliphatic carbocycles. The lowest BCUT2D eigenvalue weighted by atomic mass is 10.0. The van der Waals surface area contributed by atoms with Gasteiger partial charge in [0, 0.05) is 5.56 Å². The van der Waals surface area contributed by atoms with E-state index in [0.717, 1.165) is 22.4 Å². The largest absolute Gasteiger partial charge is 0.489 e. The van der Waals surface area contributed by atoms with Gasteiger partial charge in [-0.1, -0.05) is 42.5 Å². The Balaban J connectivity index is 1.64. The van der Waals surface area contributed by atoms with Crippen LogP contribution in [0.5, 0.6) is 5.75 Å². The SMILES string of the molecule is N#Cc1cc(-c2ccc(OCc3ccccc3)cc2)c(-c2ccco2)nc1N. The molecule has 2 aromatic heterocycles. The number of nitrogens with zero attached hydrogens (tertiary/aromatic N) is 2. The Bertz CT molecular complexity index is 1110. The Hall–Kier alpha value is -4.04. The van der Waals surface area contributed by atoms with Crippen LogP contribution in [0.25, 0.3) is 22.6 Å². The minimum absolute atomic E-state index is 0.181. The van der Waals surface area contributed by atoms with E-state index in [9.17, 15) is 5.26 Å². The first kappa shape index (κ1) is 17.4. The van der Waals surface area contributed by atoms with Crippen LogP contribution in [0.2, 0.25) is 0 Å². The Morgan fingerprint density at radius 2 is 1.79 bits per heavy atom. The van der Waals surface area contributed by atoms with Gasteiger partial charge in [-0.05, 0) is 41.5 Å². The van der Waals surface area contributed by atoms with Gasteiger partial charge in [-0.2, -0.15) is 5.26 Å². The molecule has 0 atom stereocenters. The fourth-order valence-corrected chi connectivity index (χ4v) is 2.91.